The van der Waals surface area contributed by atoms with E-state index in [0.717, 1.165) is 48.9 Å². The standard InChI is InChI=1S/C18H24N2O/c1-3-18(10-4-5-11-18)17(21)20-16-13-15(7-6-12-19)9-8-14(16)2/h8-9,13H,3-5,10-12,19H2,1-2H3,(H,20,21). The predicted molar refractivity (Wildman–Crippen MR) is 86.9 cm³/mol. The third-order valence-corrected chi connectivity index (χ3v) is 4.54. The van der Waals surface area contributed by atoms with E-state index in [1.807, 2.05) is 25.1 Å². The summed E-state index contributed by atoms with van der Waals surface area (Å²) in [5, 5.41) is 3.12. The summed E-state index contributed by atoms with van der Waals surface area (Å²) in [4.78, 5) is 12.7. The van der Waals surface area contributed by atoms with Crippen LogP contribution in [0.25, 0.3) is 0 Å². The first-order valence-corrected chi connectivity index (χ1v) is 7.72. The molecule has 1 saturated carbocycles. The van der Waals surface area contributed by atoms with Crippen molar-refractivity contribution in [2.45, 2.75) is 46.0 Å². The van der Waals surface area contributed by atoms with Crippen LogP contribution in [-0.2, 0) is 4.79 Å². The lowest BCUT2D eigenvalue weighted by Gasteiger charge is -2.26. The Morgan fingerprint density at radius 3 is 2.71 bits per heavy atom. The number of nitrogens with two attached hydrogens (primary N) is 1. The van der Waals surface area contributed by atoms with Gasteiger partial charge in [-0.05, 0) is 43.9 Å². The van der Waals surface area contributed by atoms with Crippen LogP contribution in [-0.4, -0.2) is 12.5 Å². The first-order valence-electron chi connectivity index (χ1n) is 7.72. The van der Waals surface area contributed by atoms with Gasteiger partial charge in [0.15, 0.2) is 0 Å². The number of rotatable bonds is 3. The molecule has 0 radical (unpaired) electrons. The molecule has 0 atom stereocenters. The molecule has 1 fully saturated rings. The first-order chi connectivity index (χ1) is 10.1. The molecule has 2 rings (SSSR count). The summed E-state index contributed by atoms with van der Waals surface area (Å²) in [5.74, 6) is 6.02. The van der Waals surface area contributed by atoms with Gasteiger partial charge in [-0.15, -0.1) is 0 Å². The molecule has 0 unspecified atom stereocenters. The molecule has 1 aliphatic rings. The summed E-state index contributed by atoms with van der Waals surface area (Å²) in [6, 6.07) is 5.89. The third kappa shape index (κ3) is 3.46. The number of nitrogens with one attached hydrogen (secondary N) is 1. The average Bonchev–Trinajstić information content (AvgIpc) is 2.98. The van der Waals surface area contributed by atoms with Crippen LogP contribution < -0.4 is 11.1 Å². The van der Waals surface area contributed by atoms with Gasteiger partial charge in [-0.25, -0.2) is 0 Å². The van der Waals surface area contributed by atoms with Gasteiger partial charge in [0.25, 0.3) is 0 Å². The number of carbonyl (C=O) groups is 1. The van der Waals surface area contributed by atoms with Gasteiger partial charge < -0.3 is 11.1 Å². The topological polar surface area (TPSA) is 55.1 Å². The van der Waals surface area contributed by atoms with E-state index < -0.39 is 0 Å². The van der Waals surface area contributed by atoms with E-state index in [9.17, 15) is 4.79 Å². The minimum atomic E-state index is -0.175. The number of aryl methyl sites for hydroxylation is 1. The average molecular weight is 284 g/mol. The molecule has 1 amide bonds. The van der Waals surface area contributed by atoms with Gasteiger partial charge in [0.05, 0.1) is 6.54 Å². The van der Waals surface area contributed by atoms with Gasteiger partial charge in [-0.1, -0.05) is 37.7 Å². The largest absolute Gasteiger partial charge is 0.325 e. The SMILES string of the molecule is CCC1(C(=O)Nc2cc(C#CCN)ccc2C)CCCC1. The normalized spacial score (nSPS) is 16.1. The molecule has 0 aliphatic heterocycles. The maximum absolute atomic E-state index is 12.7. The molecular weight excluding hydrogens is 260 g/mol. The zero-order chi connectivity index (χ0) is 15.3. The monoisotopic (exact) mass is 284 g/mol. The number of hydrogen-bond donors (Lipinski definition) is 2. The second-order valence-corrected chi connectivity index (χ2v) is 5.83. The zero-order valence-electron chi connectivity index (χ0n) is 13.0. The fourth-order valence-electron chi connectivity index (χ4n) is 3.04. The molecule has 0 aromatic heterocycles. The van der Waals surface area contributed by atoms with Crippen molar-refractivity contribution in [1.29, 1.82) is 0 Å². The fraction of sp³-hybridized carbons (Fsp3) is 0.500. The molecular formula is C18H24N2O. The van der Waals surface area contributed by atoms with Crippen molar-refractivity contribution in [3.8, 4) is 11.8 Å². The van der Waals surface area contributed by atoms with E-state index in [-0.39, 0.29) is 11.3 Å². The number of anilines is 1. The van der Waals surface area contributed by atoms with E-state index >= 15 is 0 Å². The van der Waals surface area contributed by atoms with Gasteiger partial charge in [-0.3, -0.25) is 4.79 Å². The van der Waals surface area contributed by atoms with Crippen molar-refractivity contribution in [1.82, 2.24) is 0 Å². The smallest absolute Gasteiger partial charge is 0.230 e. The summed E-state index contributed by atoms with van der Waals surface area (Å²) in [7, 11) is 0. The highest BCUT2D eigenvalue weighted by Gasteiger charge is 2.39. The van der Waals surface area contributed by atoms with Crippen molar-refractivity contribution < 1.29 is 4.79 Å². The Hall–Kier alpha value is -1.79. The highest BCUT2D eigenvalue weighted by atomic mass is 16.2. The lowest BCUT2D eigenvalue weighted by atomic mass is 9.82. The summed E-state index contributed by atoms with van der Waals surface area (Å²) in [5.41, 5.74) is 8.04. The summed E-state index contributed by atoms with van der Waals surface area (Å²) >= 11 is 0. The molecule has 3 heteroatoms. The van der Waals surface area contributed by atoms with Crippen LogP contribution in [0.4, 0.5) is 5.69 Å². The maximum Gasteiger partial charge on any atom is 0.230 e. The van der Waals surface area contributed by atoms with Gasteiger partial charge >= 0.3 is 0 Å². The number of amides is 1. The molecule has 0 saturated heterocycles. The third-order valence-electron chi connectivity index (χ3n) is 4.54. The van der Waals surface area contributed by atoms with Crippen LogP contribution in [0.2, 0.25) is 0 Å². The first kappa shape index (κ1) is 15.6. The molecule has 1 aromatic carbocycles. The predicted octanol–water partition coefficient (Wildman–Crippen LogP) is 3.21. The maximum atomic E-state index is 12.7. The number of hydrogen-bond acceptors (Lipinski definition) is 2. The highest BCUT2D eigenvalue weighted by Crippen LogP contribution is 2.42. The Balaban J connectivity index is 2.20. The summed E-state index contributed by atoms with van der Waals surface area (Å²) < 4.78 is 0. The van der Waals surface area contributed by atoms with Gasteiger partial charge in [-0.2, -0.15) is 0 Å². The Bertz CT molecular complexity index is 575. The second kappa shape index (κ2) is 6.78. The second-order valence-electron chi connectivity index (χ2n) is 5.83. The van der Waals surface area contributed by atoms with Crippen LogP contribution in [0.1, 0.15) is 50.2 Å². The molecule has 0 spiro atoms. The van der Waals surface area contributed by atoms with E-state index in [4.69, 9.17) is 5.73 Å². The van der Waals surface area contributed by atoms with E-state index in [1.165, 1.54) is 0 Å². The molecule has 21 heavy (non-hydrogen) atoms. The Labute approximate surface area is 127 Å². The van der Waals surface area contributed by atoms with E-state index in [0.29, 0.717) is 6.54 Å². The number of carbonyl (C=O) groups excluding carboxylic acids is 1. The minimum absolute atomic E-state index is 0.162. The molecule has 3 N–H and O–H groups in total. The van der Waals surface area contributed by atoms with Crippen LogP contribution >= 0.6 is 0 Å². The van der Waals surface area contributed by atoms with Crippen molar-refractivity contribution >= 4 is 11.6 Å². The van der Waals surface area contributed by atoms with Crippen molar-refractivity contribution in [2.75, 3.05) is 11.9 Å². The quantitative estimate of drug-likeness (QED) is 0.837. The van der Waals surface area contributed by atoms with Crippen molar-refractivity contribution in [3.63, 3.8) is 0 Å². The van der Waals surface area contributed by atoms with Crippen molar-refractivity contribution in [3.05, 3.63) is 29.3 Å². The van der Waals surface area contributed by atoms with Crippen molar-refractivity contribution in [2.24, 2.45) is 11.1 Å². The van der Waals surface area contributed by atoms with Crippen LogP contribution in [0, 0.1) is 24.2 Å². The van der Waals surface area contributed by atoms with E-state index in [2.05, 4.69) is 24.1 Å². The van der Waals surface area contributed by atoms with Crippen LogP contribution in [0.15, 0.2) is 18.2 Å². The zero-order valence-corrected chi connectivity index (χ0v) is 13.0. The molecule has 1 aromatic rings. The van der Waals surface area contributed by atoms with Gasteiger partial charge in [0, 0.05) is 16.7 Å². The van der Waals surface area contributed by atoms with Crippen LogP contribution in [0.3, 0.4) is 0 Å². The summed E-state index contributed by atoms with van der Waals surface area (Å²) in [6.45, 7) is 4.46. The molecule has 1 aliphatic carbocycles. The fourth-order valence-corrected chi connectivity index (χ4v) is 3.04. The molecule has 3 nitrogen and oxygen atoms in total. The lowest BCUT2D eigenvalue weighted by molar-refractivity contribution is -0.125. The number of benzene rings is 1. The Kier molecular flexibility index (Phi) is 5.03. The molecule has 0 bridgehead atoms. The highest BCUT2D eigenvalue weighted by molar-refractivity contribution is 5.96. The molecule has 0 heterocycles. The molecule has 112 valence electrons. The van der Waals surface area contributed by atoms with E-state index in [1.54, 1.807) is 0 Å². The Morgan fingerprint density at radius 1 is 1.38 bits per heavy atom. The van der Waals surface area contributed by atoms with Crippen LogP contribution in [0.5, 0.6) is 0 Å². The van der Waals surface area contributed by atoms with Gasteiger partial charge in [0.1, 0.15) is 0 Å². The Morgan fingerprint density at radius 2 is 2.10 bits per heavy atom. The minimum Gasteiger partial charge on any atom is -0.325 e. The lowest BCUT2D eigenvalue weighted by Crippen LogP contribution is -2.33. The van der Waals surface area contributed by atoms with Gasteiger partial charge in [0.2, 0.25) is 5.91 Å². The summed E-state index contributed by atoms with van der Waals surface area (Å²) in [6.07, 6.45) is 5.22.